The van der Waals surface area contributed by atoms with E-state index < -0.39 is 24.0 Å². The number of amides is 3. The van der Waals surface area contributed by atoms with Crippen LogP contribution < -0.4 is 20.7 Å². The van der Waals surface area contributed by atoms with E-state index in [9.17, 15) is 24.3 Å². The van der Waals surface area contributed by atoms with Gasteiger partial charge in [-0.1, -0.05) is 18.2 Å². The van der Waals surface area contributed by atoms with Crippen molar-refractivity contribution in [3.8, 4) is 5.75 Å². The van der Waals surface area contributed by atoms with Crippen molar-refractivity contribution in [2.45, 2.75) is 44.6 Å². The average Bonchev–Trinajstić information content (AvgIpc) is 2.86. The lowest BCUT2D eigenvalue weighted by Gasteiger charge is -2.33. The van der Waals surface area contributed by atoms with Gasteiger partial charge in [0.25, 0.3) is 0 Å². The van der Waals surface area contributed by atoms with Crippen LogP contribution in [0.1, 0.15) is 38.5 Å². The fraction of sp³-hybridized carbons (Fsp3) is 0.583. The number of nitrogens with zero attached hydrogens (tertiary/aromatic N) is 1. The Morgan fingerprint density at radius 2 is 1.85 bits per heavy atom. The minimum absolute atomic E-state index is 0.0739. The number of carbonyl (C=O) groups excluding carboxylic acids is 3. The van der Waals surface area contributed by atoms with Crippen LogP contribution in [-0.4, -0.2) is 72.6 Å². The molecule has 3 amide bonds. The maximum atomic E-state index is 12.7. The topological polar surface area (TPSA) is 137 Å². The molecule has 10 heteroatoms. The van der Waals surface area contributed by atoms with Crippen molar-refractivity contribution in [3.05, 3.63) is 30.3 Å². The normalized spacial score (nSPS) is 19.6. The number of rotatable bonds is 9. The number of carboxylic acid groups (broad SMARTS) is 1. The van der Waals surface area contributed by atoms with Crippen LogP contribution in [-0.2, 0) is 14.4 Å². The second-order valence-electron chi connectivity index (χ2n) is 8.89. The Kier molecular flexibility index (Phi) is 9.69. The van der Waals surface area contributed by atoms with Crippen molar-refractivity contribution in [1.82, 2.24) is 20.9 Å². The molecule has 2 aliphatic heterocycles. The fourth-order valence-electron chi connectivity index (χ4n) is 4.39. The average molecular weight is 475 g/mol. The molecule has 2 atom stereocenters. The molecule has 186 valence electrons. The Morgan fingerprint density at radius 3 is 2.56 bits per heavy atom. The highest BCUT2D eigenvalue weighted by atomic mass is 16.6. The molecule has 1 aromatic carbocycles. The number of para-hydroxylation sites is 1. The van der Waals surface area contributed by atoms with E-state index in [-0.39, 0.29) is 24.1 Å². The molecule has 2 saturated heterocycles. The molecule has 2 fully saturated rings. The van der Waals surface area contributed by atoms with E-state index >= 15 is 0 Å². The Bertz CT molecular complexity index is 843. The molecular weight excluding hydrogens is 440 g/mol. The van der Waals surface area contributed by atoms with Crippen molar-refractivity contribution >= 4 is 23.9 Å². The van der Waals surface area contributed by atoms with Crippen molar-refractivity contribution in [2.24, 2.45) is 11.8 Å². The molecule has 0 saturated carbocycles. The van der Waals surface area contributed by atoms with Crippen LogP contribution in [0.4, 0.5) is 4.79 Å². The summed E-state index contributed by atoms with van der Waals surface area (Å²) in [6.45, 7) is 2.69. The van der Waals surface area contributed by atoms with E-state index in [1.807, 2.05) is 0 Å². The predicted molar refractivity (Wildman–Crippen MR) is 124 cm³/mol. The number of aliphatic carboxylic acids is 1. The van der Waals surface area contributed by atoms with Gasteiger partial charge in [0.2, 0.25) is 11.8 Å². The summed E-state index contributed by atoms with van der Waals surface area (Å²) in [7, 11) is 0. The lowest BCUT2D eigenvalue weighted by atomic mass is 9.92. The van der Waals surface area contributed by atoms with Crippen molar-refractivity contribution < 1.29 is 29.0 Å². The van der Waals surface area contributed by atoms with Crippen LogP contribution in [0.2, 0.25) is 0 Å². The zero-order valence-electron chi connectivity index (χ0n) is 19.3. The molecule has 0 aliphatic carbocycles. The van der Waals surface area contributed by atoms with E-state index in [2.05, 4.69) is 16.0 Å². The quantitative estimate of drug-likeness (QED) is 0.424. The Labute approximate surface area is 199 Å². The first kappa shape index (κ1) is 25.5. The van der Waals surface area contributed by atoms with Gasteiger partial charge < -0.3 is 30.7 Å². The molecule has 34 heavy (non-hydrogen) atoms. The monoisotopic (exact) mass is 474 g/mol. The molecule has 0 bridgehead atoms. The summed E-state index contributed by atoms with van der Waals surface area (Å²) in [5.41, 5.74) is 0. The van der Waals surface area contributed by atoms with Gasteiger partial charge in [-0.3, -0.25) is 9.59 Å². The van der Waals surface area contributed by atoms with Gasteiger partial charge in [0.15, 0.2) is 0 Å². The highest BCUT2D eigenvalue weighted by Gasteiger charge is 2.30. The number of nitrogens with one attached hydrogen (secondary N) is 3. The molecular formula is C24H34N4O6. The van der Waals surface area contributed by atoms with Gasteiger partial charge >= 0.3 is 12.1 Å². The van der Waals surface area contributed by atoms with Gasteiger partial charge in [-0.2, -0.15) is 0 Å². The summed E-state index contributed by atoms with van der Waals surface area (Å²) in [5.74, 6) is -1.08. The number of benzene rings is 1. The predicted octanol–water partition coefficient (Wildman–Crippen LogP) is 1.36. The molecule has 4 N–H and O–H groups in total. The van der Waals surface area contributed by atoms with Gasteiger partial charge in [-0.05, 0) is 63.2 Å². The van der Waals surface area contributed by atoms with Gasteiger partial charge in [0, 0.05) is 26.1 Å². The molecule has 2 aliphatic rings. The maximum absolute atomic E-state index is 12.7. The van der Waals surface area contributed by atoms with Gasteiger partial charge in [0.05, 0.1) is 5.92 Å². The molecule has 0 spiro atoms. The Morgan fingerprint density at radius 1 is 1.12 bits per heavy atom. The zero-order valence-corrected chi connectivity index (χ0v) is 19.3. The largest absolute Gasteiger partial charge is 0.480 e. The molecule has 0 radical (unpaired) electrons. The van der Waals surface area contributed by atoms with Gasteiger partial charge in [-0.25, -0.2) is 9.59 Å². The summed E-state index contributed by atoms with van der Waals surface area (Å²) >= 11 is 0. The molecule has 10 nitrogen and oxygen atoms in total. The third-order valence-electron chi connectivity index (χ3n) is 6.39. The summed E-state index contributed by atoms with van der Waals surface area (Å²) < 4.78 is 5.05. The van der Waals surface area contributed by atoms with Gasteiger partial charge in [0.1, 0.15) is 11.8 Å². The SMILES string of the molecule is O=C(N[C@H](CNC(=O)[C@@H]1CCCN(C(=O)CCC2CCNCC2)C1)C(=O)O)Oc1ccccc1. The van der Waals surface area contributed by atoms with Crippen molar-refractivity contribution in [3.63, 3.8) is 0 Å². The lowest BCUT2D eigenvalue weighted by molar-refractivity contribution is -0.139. The number of ether oxygens (including phenoxy) is 1. The second kappa shape index (κ2) is 12.9. The third kappa shape index (κ3) is 8.02. The second-order valence-corrected chi connectivity index (χ2v) is 8.89. The first-order valence-corrected chi connectivity index (χ1v) is 11.9. The first-order valence-electron chi connectivity index (χ1n) is 11.9. The van der Waals surface area contributed by atoms with Crippen LogP contribution in [0, 0.1) is 11.8 Å². The number of piperidine rings is 2. The summed E-state index contributed by atoms with van der Waals surface area (Å²) in [6, 6.07) is 6.92. The smallest absolute Gasteiger partial charge is 0.413 e. The van der Waals surface area contributed by atoms with E-state index in [0.29, 0.717) is 31.8 Å². The maximum Gasteiger partial charge on any atom is 0.413 e. The first-order chi connectivity index (χ1) is 16.4. The summed E-state index contributed by atoms with van der Waals surface area (Å²) in [5, 5.41) is 17.6. The van der Waals surface area contributed by atoms with Crippen LogP contribution in [0.15, 0.2) is 30.3 Å². The Balaban J connectivity index is 1.43. The molecule has 0 unspecified atom stereocenters. The molecule has 0 aromatic heterocycles. The summed E-state index contributed by atoms with van der Waals surface area (Å²) in [6.07, 6.45) is 3.99. The molecule has 2 heterocycles. The Hall–Kier alpha value is -3.14. The highest BCUT2D eigenvalue weighted by Crippen LogP contribution is 2.21. The zero-order chi connectivity index (χ0) is 24.3. The van der Waals surface area contributed by atoms with Crippen LogP contribution >= 0.6 is 0 Å². The number of hydrogen-bond acceptors (Lipinski definition) is 6. The van der Waals surface area contributed by atoms with E-state index in [4.69, 9.17) is 4.74 Å². The summed E-state index contributed by atoms with van der Waals surface area (Å²) in [4.78, 5) is 50.7. The van der Waals surface area contributed by atoms with E-state index in [1.54, 1.807) is 35.2 Å². The van der Waals surface area contributed by atoms with E-state index in [1.165, 1.54) is 0 Å². The number of likely N-dealkylation sites (tertiary alicyclic amines) is 1. The van der Waals surface area contributed by atoms with Crippen LogP contribution in [0.3, 0.4) is 0 Å². The number of carbonyl (C=O) groups is 4. The van der Waals surface area contributed by atoms with Crippen molar-refractivity contribution in [2.75, 3.05) is 32.7 Å². The number of carboxylic acids is 1. The highest BCUT2D eigenvalue weighted by molar-refractivity contribution is 5.84. The minimum atomic E-state index is -1.34. The fourth-order valence-corrected chi connectivity index (χ4v) is 4.39. The molecule has 1 aromatic rings. The lowest BCUT2D eigenvalue weighted by Crippen LogP contribution is -2.51. The molecule has 3 rings (SSSR count). The van der Waals surface area contributed by atoms with Gasteiger partial charge in [-0.15, -0.1) is 0 Å². The number of hydrogen-bond donors (Lipinski definition) is 4. The minimum Gasteiger partial charge on any atom is -0.480 e. The van der Waals surface area contributed by atoms with E-state index in [0.717, 1.165) is 38.8 Å². The third-order valence-corrected chi connectivity index (χ3v) is 6.39. The standard InChI is InChI=1S/C24H34N4O6/c29-21(9-8-17-10-12-25-13-11-17)28-14-4-5-18(16-28)22(30)26-15-20(23(31)32)27-24(33)34-19-6-2-1-3-7-19/h1-3,6-7,17-18,20,25H,4-5,8-16H2,(H,26,30)(H,27,33)(H,31,32)/t18-,20-/m1/s1. The van der Waals surface area contributed by atoms with Crippen molar-refractivity contribution in [1.29, 1.82) is 0 Å². The van der Waals surface area contributed by atoms with Crippen LogP contribution in [0.25, 0.3) is 0 Å². The van der Waals surface area contributed by atoms with Crippen LogP contribution in [0.5, 0.6) is 5.75 Å².